The Kier molecular flexibility index (Phi) is 3.94. The van der Waals surface area contributed by atoms with Gasteiger partial charge >= 0.3 is 11.9 Å². The van der Waals surface area contributed by atoms with Crippen LogP contribution >= 0.6 is 0 Å². The molecule has 0 N–H and O–H groups in total. The van der Waals surface area contributed by atoms with Crippen LogP contribution in [0.3, 0.4) is 0 Å². The molecular weight excluding hydrogens is 256 g/mol. The van der Waals surface area contributed by atoms with Crippen LogP contribution in [-0.2, 0) is 14.3 Å². The lowest BCUT2D eigenvalue weighted by molar-refractivity contribution is -0.240. The summed E-state index contributed by atoms with van der Waals surface area (Å²) in [6, 6.07) is 7.41. The smallest absolute Gasteiger partial charge is 0.431 e. The lowest BCUT2D eigenvalue weighted by atomic mass is 10.0. The molecule has 0 amide bonds. The number of fused-ring (bicyclic) bond motifs is 1. The number of hydrogen-bond acceptors (Lipinski definition) is 3. The first-order valence-corrected chi connectivity index (χ1v) is 6.19. The second-order valence-electron chi connectivity index (χ2n) is 4.49. The molecule has 0 spiro atoms. The Morgan fingerprint density at radius 2 is 1.95 bits per heavy atom. The summed E-state index contributed by atoms with van der Waals surface area (Å²) in [5.74, 6) is 0.105. The summed E-state index contributed by atoms with van der Waals surface area (Å²) >= 11 is 0. The number of benzene rings is 1. The fourth-order valence-electron chi connectivity index (χ4n) is 2.06. The van der Waals surface area contributed by atoms with Crippen LogP contribution in [0.4, 0.5) is 0 Å². The Morgan fingerprint density at radius 3 is 2.60 bits per heavy atom. The minimum Gasteiger partial charge on any atom is -0.431 e. The van der Waals surface area contributed by atoms with Gasteiger partial charge in [-0.15, -0.1) is 0 Å². The second-order valence-corrected chi connectivity index (χ2v) is 4.49. The summed E-state index contributed by atoms with van der Waals surface area (Å²) in [4.78, 5) is 22.4. The molecule has 0 unspecified atom stereocenters. The van der Waals surface area contributed by atoms with E-state index in [2.05, 4.69) is 6.58 Å². The summed E-state index contributed by atoms with van der Waals surface area (Å²) in [5.41, 5.74) is 2.17. The number of esters is 1. The molecule has 0 fully saturated rings. The van der Waals surface area contributed by atoms with E-state index in [4.69, 9.17) is 9.16 Å². The van der Waals surface area contributed by atoms with Crippen LogP contribution in [0.5, 0.6) is 0 Å². The molecule has 1 aromatic rings. The molecule has 20 heavy (non-hydrogen) atoms. The van der Waals surface area contributed by atoms with Gasteiger partial charge in [0.05, 0.1) is 5.56 Å². The van der Waals surface area contributed by atoms with Crippen molar-refractivity contribution in [2.24, 2.45) is 0 Å². The monoisotopic (exact) mass is 271 g/mol. The van der Waals surface area contributed by atoms with Gasteiger partial charge in [0.25, 0.3) is 5.78 Å². The first kappa shape index (κ1) is 13.9. The lowest BCUT2D eigenvalue weighted by Gasteiger charge is -2.04. The molecular formula is C16H15O4+. The zero-order chi connectivity index (χ0) is 14.7. The van der Waals surface area contributed by atoms with E-state index in [1.807, 2.05) is 24.3 Å². The molecule has 0 heterocycles. The number of ketones is 1. The van der Waals surface area contributed by atoms with E-state index in [1.165, 1.54) is 13.8 Å². The van der Waals surface area contributed by atoms with Crippen LogP contribution in [0.25, 0.3) is 6.08 Å². The van der Waals surface area contributed by atoms with Crippen molar-refractivity contribution in [3.8, 4) is 0 Å². The highest BCUT2D eigenvalue weighted by Crippen LogP contribution is 2.27. The highest BCUT2D eigenvalue weighted by molar-refractivity contribution is 6.13. The summed E-state index contributed by atoms with van der Waals surface area (Å²) in [6.07, 6.45) is 2.08. The van der Waals surface area contributed by atoms with E-state index in [0.29, 0.717) is 23.5 Å². The Balaban J connectivity index is 2.55. The minimum absolute atomic E-state index is 0.316. The van der Waals surface area contributed by atoms with E-state index >= 15 is 0 Å². The van der Waals surface area contributed by atoms with Gasteiger partial charge in [0.2, 0.25) is 0 Å². The molecule has 0 atom stereocenters. The van der Waals surface area contributed by atoms with Crippen LogP contribution < -0.4 is 0 Å². The van der Waals surface area contributed by atoms with Crippen LogP contribution in [0.2, 0.25) is 0 Å². The van der Waals surface area contributed by atoms with Gasteiger partial charge in [0.15, 0.2) is 0 Å². The van der Waals surface area contributed by atoms with Gasteiger partial charge in [-0.2, -0.15) is 0 Å². The lowest BCUT2D eigenvalue weighted by Crippen LogP contribution is -2.08. The van der Waals surface area contributed by atoms with E-state index in [-0.39, 0.29) is 0 Å². The van der Waals surface area contributed by atoms with Gasteiger partial charge < -0.3 is 4.74 Å². The summed E-state index contributed by atoms with van der Waals surface area (Å²) in [6.45, 7) is 6.60. The SMILES string of the molecule is C=C1CC(OC(C)=O)=Cc2ccccc2C1=[O+]C(C)=O. The molecule has 4 nitrogen and oxygen atoms in total. The molecule has 0 saturated carbocycles. The topological polar surface area (TPSA) is 54.7 Å². The molecule has 0 aliphatic heterocycles. The highest BCUT2D eigenvalue weighted by Gasteiger charge is 2.25. The predicted molar refractivity (Wildman–Crippen MR) is 75.0 cm³/mol. The summed E-state index contributed by atoms with van der Waals surface area (Å²) in [5, 5.41) is 0. The van der Waals surface area contributed by atoms with Crippen molar-refractivity contribution >= 4 is 23.8 Å². The average Bonchev–Trinajstić information content (AvgIpc) is 2.46. The Hall–Kier alpha value is -2.49. The van der Waals surface area contributed by atoms with Crippen molar-refractivity contribution in [2.45, 2.75) is 20.3 Å². The normalized spacial score (nSPS) is 16.2. The van der Waals surface area contributed by atoms with Crippen LogP contribution in [0.1, 0.15) is 35.8 Å². The van der Waals surface area contributed by atoms with Crippen molar-refractivity contribution in [2.75, 3.05) is 0 Å². The Labute approximate surface area is 117 Å². The number of hydrogen-bond donors (Lipinski definition) is 0. The average molecular weight is 271 g/mol. The van der Waals surface area contributed by atoms with Crippen LogP contribution in [0, 0.1) is 0 Å². The fourth-order valence-corrected chi connectivity index (χ4v) is 2.06. The molecule has 0 radical (unpaired) electrons. The maximum Gasteiger partial charge on any atom is 0.577 e. The second kappa shape index (κ2) is 5.65. The molecule has 0 bridgehead atoms. The number of carbonyl (C=O) groups is 2. The van der Waals surface area contributed by atoms with Crippen molar-refractivity contribution < 1.29 is 18.8 Å². The van der Waals surface area contributed by atoms with Crippen molar-refractivity contribution in [3.63, 3.8) is 0 Å². The van der Waals surface area contributed by atoms with Gasteiger partial charge in [0, 0.05) is 23.7 Å². The van der Waals surface area contributed by atoms with Crippen molar-refractivity contribution in [1.29, 1.82) is 0 Å². The Morgan fingerprint density at radius 1 is 1.25 bits per heavy atom. The van der Waals surface area contributed by atoms with Crippen molar-refractivity contribution in [3.05, 3.63) is 53.3 Å². The molecule has 2 rings (SSSR count). The number of allylic oxidation sites excluding steroid dienone is 1. The zero-order valence-electron chi connectivity index (χ0n) is 11.4. The minimum atomic E-state index is -0.410. The molecule has 1 aliphatic rings. The van der Waals surface area contributed by atoms with Gasteiger partial charge in [-0.1, -0.05) is 24.8 Å². The van der Waals surface area contributed by atoms with Crippen molar-refractivity contribution in [1.82, 2.24) is 0 Å². The Bertz CT molecular complexity index is 650. The summed E-state index contributed by atoms with van der Waals surface area (Å²) in [7, 11) is 0. The van der Waals surface area contributed by atoms with E-state index in [0.717, 1.165) is 11.1 Å². The molecule has 0 saturated heterocycles. The van der Waals surface area contributed by atoms with E-state index in [1.54, 1.807) is 6.08 Å². The fraction of sp³-hybridized carbons (Fsp3) is 0.188. The summed E-state index contributed by atoms with van der Waals surface area (Å²) < 4.78 is 10.4. The first-order valence-electron chi connectivity index (χ1n) is 6.19. The standard InChI is InChI=1S/C16H15O4/c1-10-8-14(19-11(2)17)9-13-6-4-5-7-15(13)16(10)20-12(3)18/h4-7,9H,1,8H2,2-3H3/q+1. The van der Waals surface area contributed by atoms with Crippen LogP contribution in [0.15, 0.2) is 42.2 Å². The van der Waals surface area contributed by atoms with Crippen LogP contribution in [-0.4, -0.2) is 17.7 Å². The number of carbonyl (C=O) groups excluding carboxylic acids is 3. The van der Waals surface area contributed by atoms with Gasteiger partial charge in [-0.25, -0.2) is 0 Å². The maximum atomic E-state index is 11.3. The molecule has 1 aliphatic carbocycles. The first-order chi connectivity index (χ1) is 9.47. The zero-order valence-corrected chi connectivity index (χ0v) is 11.4. The van der Waals surface area contributed by atoms with E-state index in [9.17, 15) is 9.59 Å². The number of rotatable bonds is 1. The molecule has 4 heteroatoms. The van der Waals surface area contributed by atoms with E-state index < -0.39 is 11.9 Å². The largest absolute Gasteiger partial charge is 0.577 e. The molecule has 0 aromatic heterocycles. The maximum absolute atomic E-state index is 11.3. The third-order valence-corrected chi connectivity index (χ3v) is 2.75. The van der Waals surface area contributed by atoms with Gasteiger partial charge in [-0.3, -0.25) is 9.22 Å². The number of ether oxygens (including phenoxy) is 1. The highest BCUT2D eigenvalue weighted by atomic mass is 16.5. The third kappa shape index (κ3) is 3.09. The molecule has 102 valence electrons. The molecule has 1 aromatic carbocycles. The quantitative estimate of drug-likeness (QED) is 0.448. The predicted octanol–water partition coefficient (Wildman–Crippen LogP) is 2.82. The van der Waals surface area contributed by atoms with Gasteiger partial charge in [-0.05, 0) is 17.7 Å². The van der Waals surface area contributed by atoms with Gasteiger partial charge in [0.1, 0.15) is 12.7 Å². The third-order valence-electron chi connectivity index (χ3n) is 2.75.